The number of aromatic nitrogens is 1. The summed E-state index contributed by atoms with van der Waals surface area (Å²) in [6.07, 6.45) is -0.760. The van der Waals surface area contributed by atoms with Crippen molar-refractivity contribution in [2.75, 3.05) is 27.2 Å². The maximum atomic E-state index is 15.3. The van der Waals surface area contributed by atoms with Crippen LogP contribution in [0.3, 0.4) is 0 Å². The number of rotatable bonds is 17. The highest BCUT2D eigenvalue weighted by atomic mass is 32.2. The summed E-state index contributed by atoms with van der Waals surface area (Å²) >= 11 is 0. The predicted octanol–water partition coefficient (Wildman–Crippen LogP) is 4.30. The summed E-state index contributed by atoms with van der Waals surface area (Å²) in [7, 11) is -6.29. The first kappa shape index (κ1) is 48.3. The molecule has 0 radical (unpaired) electrons. The number of nitrogens with zero attached hydrogens (tertiary/aromatic N) is 5. The van der Waals surface area contributed by atoms with Crippen LogP contribution in [0.1, 0.15) is 46.5 Å². The maximum Gasteiger partial charge on any atom is 0.408 e. The number of hydrogen-bond acceptors (Lipinski definition) is 13. The molecule has 0 unspecified atom stereocenters. The molecule has 20 nitrogen and oxygen atoms in total. The second kappa shape index (κ2) is 18.2. The van der Waals surface area contributed by atoms with E-state index in [4.69, 9.17) is 14.5 Å². The molecule has 67 heavy (non-hydrogen) atoms. The van der Waals surface area contributed by atoms with Crippen LogP contribution in [0.5, 0.6) is 11.5 Å². The molecule has 4 amide bonds. The molecule has 3 N–H and O–H groups in total. The second-order valence-electron chi connectivity index (χ2n) is 17.8. The van der Waals surface area contributed by atoms with Gasteiger partial charge in [0.1, 0.15) is 35.2 Å². The van der Waals surface area contributed by atoms with Crippen molar-refractivity contribution < 1.29 is 55.5 Å². The minimum Gasteiger partial charge on any atom is -0.497 e. The number of likely N-dealkylation sites (tertiary alicyclic amines) is 1. The van der Waals surface area contributed by atoms with E-state index in [1.54, 1.807) is 24.3 Å². The van der Waals surface area contributed by atoms with Gasteiger partial charge >= 0.3 is 6.09 Å². The number of carbonyl (C=O) groups excluding carboxylic acids is 3. The van der Waals surface area contributed by atoms with Gasteiger partial charge in [0.15, 0.2) is 4.90 Å². The highest BCUT2D eigenvalue weighted by molar-refractivity contribution is 7.91. The third kappa shape index (κ3) is 9.77. The number of ether oxygens (including phenoxy) is 2. The summed E-state index contributed by atoms with van der Waals surface area (Å²) in [5.41, 5.74) is -2.16. The Kier molecular flexibility index (Phi) is 13.1. The van der Waals surface area contributed by atoms with Crippen LogP contribution in [0.15, 0.2) is 96.4 Å². The fourth-order valence-corrected chi connectivity index (χ4v) is 11.1. The molecular weight excluding hydrogens is 911 g/mol. The Morgan fingerprint density at radius 2 is 1.72 bits per heavy atom. The molecule has 4 aromatic rings. The van der Waals surface area contributed by atoms with Gasteiger partial charge in [0, 0.05) is 60.6 Å². The summed E-state index contributed by atoms with van der Waals surface area (Å²) in [6.45, 7) is 6.95. The molecule has 1 aromatic heterocycles. The SMILES string of the molecule is C=C[C@@H]1C[C@]1(NC(=O)[C@@H]1C[C@@H](Oc2cc(-c3ccccc3)nc3cc(OC)ccc23)CN1C(=O)[C@H](CN(C)S(=O)(=O)c1ccccc1[N+](=O)[O-])N(C(=O)O)C(C)(C)C)C(=O)NS(=O)(=O)C1CC1. The van der Waals surface area contributed by atoms with Crippen LogP contribution in [0.2, 0.25) is 0 Å². The van der Waals surface area contributed by atoms with E-state index in [2.05, 4.69) is 16.6 Å². The predicted molar refractivity (Wildman–Crippen MR) is 244 cm³/mol. The molecule has 22 heteroatoms. The van der Waals surface area contributed by atoms with Gasteiger partial charge in [-0.3, -0.25) is 34.1 Å². The van der Waals surface area contributed by atoms with Crippen molar-refractivity contribution in [3.63, 3.8) is 0 Å². The Morgan fingerprint density at radius 1 is 1.04 bits per heavy atom. The van der Waals surface area contributed by atoms with Crippen LogP contribution >= 0.6 is 0 Å². The van der Waals surface area contributed by atoms with Gasteiger partial charge in [-0.05, 0) is 58.2 Å². The van der Waals surface area contributed by atoms with E-state index in [1.807, 2.05) is 30.3 Å². The monoisotopic (exact) mass is 961 g/mol. The van der Waals surface area contributed by atoms with Crippen LogP contribution < -0.4 is 19.5 Å². The lowest BCUT2D eigenvalue weighted by Crippen LogP contribution is -2.63. The lowest BCUT2D eigenvalue weighted by atomic mass is 10.0. The first-order valence-corrected chi connectivity index (χ1v) is 24.2. The fraction of sp³-hybridized carbons (Fsp3) is 0.400. The molecule has 7 rings (SSSR count). The molecule has 1 aliphatic heterocycles. The number of sulfonamides is 2. The van der Waals surface area contributed by atoms with Crippen molar-refractivity contribution in [2.45, 2.75) is 85.9 Å². The molecular formula is C45H51N7O13S2. The average molecular weight is 962 g/mol. The summed E-state index contributed by atoms with van der Waals surface area (Å²) in [4.78, 5) is 74.0. The van der Waals surface area contributed by atoms with E-state index in [1.165, 1.54) is 46.1 Å². The van der Waals surface area contributed by atoms with Crippen molar-refractivity contribution >= 4 is 60.5 Å². The summed E-state index contributed by atoms with van der Waals surface area (Å²) < 4.78 is 68.8. The number of pyridine rings is 1. The van der Waals surface area contributed by atoms with Crippen LogP contribution in [-0.2, 0) is 34.4 Å². The van der Waals surface area contributed by atoms with E-state index in [9.17, 15) is 46.4 Å². The fourth-order valence-electron chi connectivity index (χ4n) is 8.42. The second-order valence-corrected chi connectivity index (χ2v) is 21.7. The Bertz CT molecular complexity index is 2870. The first-order valence-electron chi connectivity index (χ1n) is 21.3. The van der Waals surface area contributed by atoms with E-state index in [0.717, 1.165) is 34.5 Å². The van der Waals surface area contributed by atoms with Crippen molar-refractivity contribution in [1.29, 1.82) is 0 Å². The van der Waals surface area contributed by atoms with Gasteiger partial charge in [0.25, 0.3) is 11.6 Å². The zero-order chi connectivity index (χ0) is 48.8. The molecule has 5 atom stereocenters. The third-order valence-electron chi connectivity index (χ3n) is 12.1. The number of nitrogens with one attached hydrogen (secondary N) is 2. The smallest absolute Gasteiger partial charge is 0.408 e. The number of carboxylic acid groups (broad SMARTS) is 1. The van der Waals surface area contributed by atoms with Gasteiger partial charge in [-0.1, -0.05) is 48.5 Å². The molecule has 2 saturated carbocycles. The molecule has 2 heterocycles. The Hall–Kier alpha value is -6.65. The summed E-state index contributed by atoms with van der Waals surface area (Å²) in [5.74, 6) is -2.82. The Morgan fingerprint density at radius 3 is 2.31 bits per heavy atom. The number of carbonyl (C=O) groups is 4. The third-order valence-corrected chi connectivity index (χ3v) is 15.8. The zero-order valence-corrected chi connectivity index (χ0v) is 39.0. The van der Waals surface area contributed by atoms with Crippen LogP contribution in [0, 0.1) is 16.0 Å². The summed E-state index contributed by atoms with van der Waals surface area (Å²) in [6, 6.07) is 17.2. The van der Waals surface area contributed by atoms with Gasteiger partial charge in [-0.25, -0.2) is 26.6 Å². The average Bonchev–Trinajstić information content (AvgIpc) is 4.22. The van der Waals surface area contributed by atoms with Crippen molar-refractivity contribution in [1.82, 2.24) is 29.1 Å². The van der Waals surface area contributed by atoms with Gasteiger partial charge < -0.3 is 24.8 Å². The van der Waals surface area contributed by atoms with Crippen molar-refractivity contribution in [3.05, 3.63) is 102 Å². The number of nitro benzene ring substituents is 1. The van der Waals surface area contributed by atoms with E-state index in [0.29, 0.717) is 45.2 Å². The Balaban J connectivity index is 1.30. The largest absolute Gasteiger partial charge is 0.497 e. The molecule has 2 aliphatic carbocycles. The molecule has 3 fully saturated rings. The number of para-hydroxylation sites is 1. The van der Waals surface area contributed by atoms with E-state index < -0.39 is 106 Å². The molecule has 0 spiro atoms. The van der Waals surface area contributed by atoms with Gasteiger partial charge in [-0.15, -0.1) is 6.58 Å². The number of nitro groups is 1. The highest BCUT2D eigenvalue weighted by Crippen LogP contribution is 2.46. The standard InChI is InChI=1S/C45H51N7O13S2/c1-7-28-24-45(28,42(55)48-66(60,61)31-18-19-31)47-40(53)36-22-30(65-38-23-33(27-13-9-8-10-14-27)46-34-21-29(64-6)17-20-32(34)38)25-50(36)41(54)37(51(43(56)57)44(2,3)4)26-49(5)67(62,63)39-16-12-11-15-35(39)52(58)59/h7-17,20-21,23,28,30-31,36-37H,1,18-19,22,24-26H2,2-6H3,(H,47,53)(H,48,55)(H,56,57)/t28-,30-,36+,37+,45-/m1/s1. The molecule has 1 saturated heterocycles. The zero-order valence-electron chi connectivity index (χ0n) is 37.3. The lowest BCUT2D eigenvalue weighted by molar-refractivity contribution is -0.387. The molecule has 3 aromatic carbocycles. The van der Waals surface area contributed by atoms with Gasteiger partial charge in [0.05, 0.1) is 35.0 Å². The van der Waals surface area contributed by atoms with Crippen LogP contribution in [0.25, 0.3) is 22.2 Å². The minimum absolute atomic E-state index is 0.0166. The number of amides is 4. The van der Waals surface area contributed by atoms with Gasteiger partial charge in [-0.2, -0.15) is 4.31 Å². The lowest BCUT2D eigenvalue weighted by Gasteiger charge is -2.41. The highest BCUT2D eigenvalue weighted by Gasteiger charge is 2.62. The van der Waals surface area contributed by atoms with E-state index in [-0.39, 0.29) is 19.4 Å². The van der Waals surface area contributed by atoms with Crippen molar-refractivity contribution in [2.24, 2.45) is 5.92 Å². The molecule has 3 aliphatic rings. The first-order chi connectivity index (χ1) is 31.5. The quantitative estimate of drug-likeness (QED) is 0.0757. The van der Waals surface area contributed by atoms with E-state index >= 15 is 4.79 Å². The van der Waals surface area contributed by atoms with Crippen LogP contribution in [0.4, 0.5) is 10.5 Å². The maximum absolute atomic E-state index is 15.3. The molecule has 0 bridgehead atoms. The van der Waals surface area contributed by atoms with Crippen molar-refractivity contribution in [3.8, 4) is 22.8 Å². The summed E-state index contributed by atoms with van der Waals surface area (Å²) in [5, 5.41) is 25.1. The number of hydrogen-bond donors (Lipinski definition) is 3. The number of fused-ring (bicyclic) bond motifs is 1. The number of benzene rings is 3. The normalized spacial score (nSPS) is 21.0. The minimum atomic E-state index is -4.78. The number of methoxy groups -OCH3 is 1. The van der Waals surface area contributed by atoms with Gasteiger partial charge in [0.2, 0.25) is 31.9 Å². The number of likely N-dealkylation sites (N-methyl/N-ethyl adjacent to an activating group) is 1. The molecule has 356 valence electrons. The topological polar surface area (TPSA) is 265 Å². The Labute approximate surface area is 387 Å². The van der Waals surface area contributed by atoms with Crippen LogP contribution in [-0.4, -0.2) is 132 Å².